The molecule has 0 amide bonds. The van der Waals surface area contributed by atoms with Crippen LogP contribution in [-0.2, 0) is 0 Å². The minimum atomic E-state index is -2.90. The third-order valence-corrected chi connectivity index (χ3v) is 15.3. The number of aliphatic hydroxyl groups excluding tert-OH is 1. The van der Waals surface area contributed by atoms with Crippen molar-refractivity contribution < 1.29 is 5.11 Å². The monoisotopic (exact) mass is 442 g/mol. The molecule has 0 unspecified atom stereocenters. The number of aryl methyl sites for hydroxylation is 3. The molecule has 0 fully saturated rings. The zero-order chi connectivity index (χ0) is 19.5. The summed E-state index contributed by atoms with van der Waals surface area (Å²) in [7, 11) is 0. The Hall–Kier alpha value is -1.47. The van der Waals surface area contributed by atoms with Crippen LogP contribution < -0.4 is 15.9 Å². The molecule has 0 atom stereocenters. The summed E-state index contributed by atoms with van der Waals surface area (Å²) in [6.07, 6.45) is 1.64. The van der Waals surface area contributed by atoms with Crippen molar-refractivity contribution >= 4 is 36.7 Å². The van der Waals surface area contributed by atoms with Crippen LogP contribution in [0.4, 0.5) is 0 Å². The summed E-state index contributed by atoms with van der Waals surface area (Å²) in [4.78, 5) is 0. The van der Waals surface area contributed by atoms with Gasteiger partial charge in [-0.05, 0) is 0 Å². The number of hydrogen-bond acceptors (Lipinski definition) is 1. The van der Waals surface area contributed by atoms with Crippen LogP contribution >= 0.6 is 20.8 Å². The number of benzene rings is 3. The van der Waals surface area contributed by atoms with Crippen molar-refractivity contribution in [2.75, 3.05) is 12.8 Å². The molecule has 27 heavy (non-hydrogen) atoms. The molecular weight excluding hydrogens is 415 g/mol. The Kier molecular flexibility index (Phi) is 5.91. The van der Waals surface area contributed by atoms with Crippen molar-refractivity contribution in [3.05, 3.63) is 89.5 Å². The standard InChI is InChI=1S/C24H28BrOP/c1-19-8-4-11-22(16-19)27(25,15-7-14-26,23-12-5-9-20(2)17-23)24-13-6-10-21(3)18-24/h4-6,8-13,16-18,26H,7,14-15H2,1-3H3. The molecule has 1 nitrogen and oxygen atoms in total. The first kappa shape index (κ1) is 20.3. The molecule has 0 radical (unpaired) electrons. The van der Waals surface area contributed by atoms with Gasteiger partial charge in [0.15, 0.2) is 0 Å². The first-order valence-electron chi connectivity index (χ1n) is 9.44. The summed E-state index contributed by atoms with van der Waals surface area (Å²) in [6, 6.07) is 26.6. The van der Waals surface area contributed by atoms with E-state index in [4.69, 9.17) is 0 Å². The Labute approximate surface area is 171 Å². The van der Waals surface area contributed by atoms with E-state index in [2.05, 4.69) is 109 Å². The number of halogens is 1. The van der Waals surface area contributed by atoms with Crippen LogP contribution in [-0.4, -0.2) is 17.9 Å². The zero-order valence-electron chi connectivity index (χ0n) is 16.3. The van der Waals surface area contributed by atoms with E-state index in [1.807, 2.05) is 0 Å². The van der Waals surface area contributed by atoms with Gasteiger partial charge in [-0.25, -0.2) is 0 Å². The Bertz CT molecular complexity index is 837. The average molecular weight is 443 g/mol. The summed E-state index contributed by atoms with van der Waals surface area (Å²) in [5, 5.41) is 10.8. The van der Waals surface area contributed by atoms with Crippen LogP contribution in [0.25, 0.3) is 0 Å². The van der Waals surface area contributed by atoms with Crippen LogP contribution in [0.15, 0.2) is 72.8 Å². The van der Waals surface area contributed by atoms with Crippen LogP contribution in [0, 0.1) is 20.8 Å². The summed E-state index contributed by atoms with van der Waals surface area (Å²) in [6.45, 7) is 6.63. The maximum absolute atomic E-state index is 9.75. The number of aliphatic hydroxyl groups is 1. The SMILES string of the molecule is Cc1cccc(P(Br)(CCCO)(c2cccc(C)c2)c2cccc(C)c2)c1. The molecule has 3 aromatic carbocycles. The van der Waals surface area contributed by atoms with Gasteiger partial charge in [0.1, 0.15) is 0 Å². The molecule has 0 bridgehead atoms. The third kappa shape index (κ3) is 3.63. The third-order valence-electron chi connectivity index (χ3n) is 5.36. The van der Waals surface area contributed by atoms with Gasteiger partial charge in [0.25, 0.3) is 0 Å². The van der Waals surface area contributed by atoms with Crippen molar-refractivity contribution in [2.24, 2.45) is 0 Å². The van der Waals surface area contributed by atoms with Crippen LogP contribution in [0.2, 0.25) is 0 Å². The second-order valence-corrected chi connectivity index (χ2v) is 16.6. The van der Waals surface area contributed by atoms with Gasteiger partial charge >= 0.3 is 171 Å². The van der Waals surface area contributed by atoms with Crippen LogP contribution in [0.5, 0.6) is 0 Å². The molecule has 0 aliphatic carbocycles. The quantitative estimate of drug-likeness (QED) is 0.524. The Balaban J connectivity index is 2.45. The Morgan fingerprint density at radius 2 is 1.07 bits per heavy atom. The second kappa shape index (κ2) is 7.87. The predicted octanol–water partition coefficient (Wildman–Crippen LogP) is 5.13. The zero-order valence-corrected chi connectivity index (χ0v) is 18.8. The Morgan fingerprint density at radius 1 is 0.704 bits per heavy atom. The summed E-state index contributed by atoms with van der Waals surface area (Å²) in [5.41, 5.74) is 3.76. The van der Waals surface area contributed by atoms with Gasteiger partial charge in [0, 0.05) is 0 Å². The van der Waals surface area contributed by atoms with Crippen molar-refractivity contribution in [1.82, 2.24) is 0 Å². The molecule has 3 rings (SSSR count). The van der Waals surface area contributed by atoms with E-state index in [-0.39, 0.29) is 6.61 Å². The van der Waals surface area contributed by atoms with E-state index in [1.54, 1.807) is 0 Å². The topological polar surface area (TPSA) is 20.2 Å². The predicted molar refractivity (Wildman–Crippen MR) is 125 cm³/mol. The fourth-order valence-electron chi connectivity index (χ4n) is 3.96. The molecule has 0 saturated carbocycles. The number of rotatable bonds is 6. The molecule has 3 heteroatoms. The molecule has 0 saturated heterocycles. The summed E-state index contributed by atoms with van der Waals surface area (Å²) in [5.74, 6) is 0. The number of hydrogen-bond donors (Lipinski definition) is 1. The van der Waals surface area contributed by atoms with Crippen LogP contribution in [0.3, 0.4) is 0 Å². The maximum atomic E-state index is 9.75. The molecule has 3 aromatic rings. The Morgan fingerprint density at radius 3 is 1.37 bits per heavy atom. The van der Waals surface area contributed by atoms with Crippen molar-refractivity contribution in [3.63, 3.8) is 0 Å². The van der Waals surface area contributed by atoms with Gasteiger partial charge in [0.2, 0.25) is 0 Å². The van der Waals surface area contributed by atoms with E-state index in [1.165, 1.54) is 32.6 Å². The van der Waals surface area contributed by atoms with Crippen LogP contribution in [0.1, 0.15) is 23.1 Å². The molecule has 0 aliphatic rings. The average Bonchev–Trinajstić information content (AvgIpc) is 2.66. The molecule has 142 valence electrons. The van der Waals surface area contributed by atoms with E-state index < -0.39 is 5.31 Å². The minimum absolute atomic E-state index is 0.187. The van der Waals surface area contributed by atoms with E-state index in [9.17, 15) is 5.11 Å². The van der Waals surface area contributed by atoms with E-state index in [0.717, 1.165) is 12.6 Å². The molecule has 0 aliphatic heterocycles. The van der Waals surface area contributed by atoms with Gasteiger partial charge in [-0.1, -0.05) is 0 Å². The van der Waals surface area contributed by atoms with Crippen molar-refractivity contribution in [2.45, 2.75) is 27.2 Å². The van der Waals surface area contributed by atoms with Gasteiger partial charge < -0.3 is 0 Å². The van der Waals surface area contributed by atoms with Gasteiger partial charge in [-0.15, -0.1) is 0 Å². The normalized spacial score (nSPS) is 13.1. The fourth-order valence-corrected chi connectivity index (χ4v) is 11.7. The van der Waals surface area contributed by atoms with Crippen molar-refractivity contribution in [3.8, 4) is 0 Å². The fraction of sp³-hybridized carbons (Fsp3) is 0.250. The molecular formula is C24H28BrOP. The summed E-state index contributed by atoms with van der Waals surface area (Å²) >= 11 is 4.44. The molecule has 1 N–H and O–H groups in total. The molecule has 0 spiro atoms. The van der Waals surface area contributed by atoms with Crippen molar-refractivity contribution in [1.29, 1.82) is 0 Å². The first-order valence-corrected chi connectivity index (χ1v) is 13.9. The molecule has 0 heterocycles. The van der Waals surface area contributed by atoms with E-state index >= 15 is 0 Å². The van der Waals surface area contributed by atoms with Gasteiger partial charge in [-0.2, -0.15) is 0 Å². The second-order valence-electron chi connectivity index (χ2n) is 7.50. The van der Waals surface area contributed by atoms with Gasteiger partial charge in [-0.3, -0.25) is 0 Å². The van der Waals surface area contributed by atoms with E-state index in [0.29, 0.717) is 0 Å². The first-order chi connectivity index (χ1) is 12.9. The summed E-state index contributed by atoms with van der Waals surface area (Å²) < 4.78 is 0. The van der Waals surface area contributed by atoms with Gasteiger partial charge in [0.05, 0.1) is 0 Å². The molecule has 0 aromatic heterocycles.